The maximum atomic E-state index is 12.3. The third kappa shape index (κ3) is 2.19. The van der Waals surface area contributed by atoms with Gasteiger partial charge >= 0.3 is 5.63 Å². The zero-order valence-corrected chi connectivity index (χ0v) is 12.2. The SMILES string of the molecule is CC(=O)c1cc2c(C)c(-c3ccccc3)c(=O)oc2cc1O. The van der Waals surface area contributed by atoms with Crippen molar-refractivity contribution in [3.05, 3.63) is 64.0 Å². The van der Waals surface area contributed by atoms with Crippen molar-refractivity contribution < 1.29 is 14.3 Å². The van der Waals surface area contributed by atoms with Crippen LogP contribution < -0.4 is 5.63 Å². The van der Waals surface area contributed by atoms with Gasteiger partial charge in [-0.1, -0.05) is 30.3 Å². The number of ketones is 1. The molecule has 0 saturated heterocycles. The smallest absolute Gasteiger partial charge is 0.344 e. The third-order valence-corrected chi connectivity index (χ3v) is 3.73. The van der Waals surface area contributed by atoms with Crippen LogP contribution in [0.4, 0.5) is 0 Å². The molecular weight excluding hydrogens is 280 g/mol. The first kappa shape index (κ1) is 14.1. The molecule has 0 unspecified atom stereocenters. The molecule has 0 aliphatic rings. The summed E-state index contributed by atoms with van der Waals surface area (Å²) in [6.07, 6.45) is 0. The number of fused-ring (bicyclic) bond motifs is 1. The van der Waals surface area contributed by atoms with E-state index in [1.165, 1.54) is 13.0 Å². The fourth-order valence-electron chi connectivity index (χ4n) is 2.61. The van der Waals surface area contributed by atoms with Crippen molar-refractivity contribution in [3.63, 3.8) is 0 Å². The number of hydrogen-bond donors (Lipinski definition) is 1. The molecule has 0 radical (unpaired) electrons. The van der Waals surface area contributed by atoms with Crippen LogP contribution in [0.2, 0.25) is 0 Å². The Kier molecular flexibility index (Phi) is 3.29. The van der Waals surface area contributed by atoms with Gasteiger partial charge in [-0.3, -0.25) is 4.79 Å². The predicted molar refractivity (Wildman–Crippen MR) is 84.3 cm³/mol. The first-order valence-corrected chi connectivity index (χ1v) is 6.86. The second kappa shape index (κ2) is 5.15. The minimum Gasteiger partial charge on any atom is -0.507 e. The average Bonchev–Trinajstić information content (AvgIpc) is 2.47. The van der Waals surface area contributed by atoms with Gasteiger partial charge in [0.25, 0.3) is 0 Å². The summed E-state index contributed by atoms with van der Waals surface area (Å²) in [5.74, 6) is -0.429. The highest BCUT2D eigenvalue weighted by Crippen LogP contribution is 2.31. The molecule has 1 aromatic heterocycles. The Morgan fingerprint density at radius 2 is 1.82 bits per heavy atom. The number of benzene rings is 2. The number of carbonyl (C=O) groups excluding carboxylic acids is 1. The Morgan fingerprint density at radius 3 is 2.45 bits per heavy atom. The topological polar surface area (TPSA) is 67.5 Å². The monoisotopic (exact) mass is 294 g/mol. The summed E-state index contributed by atoms with van der Waals surface area (Å²) < 4.78 is 5.32. The number of rotatable bonds is 2. The van der Waals surface area contributed by atoms with Crippen LogP contribution >= 0.6 is 0 Å². The first-order valence-electron chi connectivity index (χ1n) is 6.86. The molecule has 2 aromatic carbocycles. The van der Waals surface area contributed by atoms with Crippen LogP contribution in [0.25, 0.3) is 22.1 Å². The van der Waals surface area contributed by atoms with Crippen LogP contribution in [0.3, 0.4) is 0 Å². The number of phenolic OH excluding ortho intramolecular Hbond substituents is 1. The van der Waals surface area contributed by atoms with Crippen molar-refractivity contribution >= 4 is 16.8 Å². The van der Waals surface area contributed by atoms with Gasteiger partial charge in [0, 0.05) is 11.5 Å². The van der Waals surface area contributed by atoms with Crippen LogP contribution in [0.1, 0.15) is 22.8 Å². The molecule has 22 heavy (non-hydrogen) atoms. The number of aromatic hydroxyl groups is 1. The molecular formula is C18H14O4. The quantitative estimate of drug-likeness (QED) is 0.578. The zero-order valence-electron chi connectivity index (χ0n) is 12.2. The summed E-state index contributed by atoms with van der Waals surface area (Å²) in [7, 11) is 0. The molecule has 1 heterocycles. The molecule has 0 bridgehead atoms. The third-order valence-electron chi connectivity index (χ3n) is 3.73. The number of aryl methyl sites for hydroxylation is 1. The molecule has 0 aliphatic carbocycles. The van der Waals surface area contributed by atoms with E-state index in [1.807, 2.05) is 37.3 Å². The van der Waals surface area contributed by atoms with Crippen LogP contribution in [0.5, 0.6) is 5.75 Å². The lowest BCUT2D eigenvalue weighted by Crippen LogP contribution is -2.06. The maximum Gasteiger partial charge on any atom is 0.344 e. The second-order valence-corrected chi connectivity index (χ2v) is 5.18. The lowest BCUT2D eigenvalue weighted by Gasteiger charge is -2.10. The highest BCUT2D eigenvalue weighted by atomic mass is 16.4. The van der Waals surface area contributed by atoms with Gasteiger partial charge in [-0.15, -0.1) is 0 Å². The van der Waals surface area contributed by atoms with Gasteiger partial charge in [0.1, 0.15) is 11.3 Å². The molecule has 0 saturated carbocycles. The Hall–Kier alpha value is -2.88. The van der Waals surface area contributed by atoms with Crippen LogP contribution in [-0.4, -0.2) is 10.9 Å². The van der Waals surface area contributed by atoms with E-state index in [9.17, 15) is 14.7 Å². The van der Waals surface area contributed by atoms with Crippen molar-refractivity contribution in [1.82, 2.24) is 0 Å². The van der Waals surface area contributed by atoms with E-state index in [4.69, 9.17) is 4.42 Å². The number of phenols is 1. The molecule has 3 rings (SSSR count). The van der Waals surface area contributed by atoms with Crippen molar-refractivity contribution in [3.8, 4) is 16.9 Å². The fourth-order valence-corrected chi connectivity index (χ4v) is 2.61. The highest BCUT2D eigenvalue weighted by Gasteiger charge is 2.16. The Balaban J connectivity index is 2.39. The van der Waals surface area contributed by atoms with Crippen molar-refractivity contribution in [2.45, 2.75) is 13.8 Å². The molecule has 3 aromatic rings. The molecule has 4 heteroatoms. The predicted octanol–water partition coefficient (Wildman–Crippen LogP) is 3.68. The van der Waals surface area contributed by atoms with Gasteiger partial charge < -0.3 is 9.52 Å². The Labute approximate surface area is 126 Å². The standard InChI is InChI=1S/C18H14O4/c1-10-13-8-14(11(2)19)15(20)9-16(13)22-18(21)17(10)12-6-4-3-5-7-12/h3-9,20H,1-2H3. The van der Waals surface area contributed by atoms with Crippen molar-refractivity contribution in [1.29, 1.82) is 0 Å². The largest absolute Gasteiger partial charge is 0.507 e. The van der Waals surface area contributed by atoms with E-state index in [1.54, 1.807) is 6.07 Å². The van der Waals surface area contributed by atoms with E-state index in [0.29, 0.717) is 10.9 Å². The minimum absolute atomic E-state index is 0.185. The van der Waals surface area contributed by atoms with E-state index in [2.05, 4.69) is 0 Å². The van der Waals surface area contributed by atoms with E-state index in [0.717, 1.165) is 11.1 Å². The fraction of sp³-hybridized carbons (Fsp3) is 0.111. The molecule has 0 fully saturated rings. The summed E-state index contributed by atoms with van der Waals surface area (Å²) in [6, 6.07) is 12.1. The zero-order chi connectivity index (χ0) is 15.9. The number of hydrogen-bond acceptors (Lipinski definition) is 4. The average molecular weight is 294 g/mol. The van der Waals surface area contributed by atoms with E-state index >= 15 is 0 Å². The van der Waals surface area contributed by atoms with Crippen molar-refractivity contribution in [2.75, 3.05) is 0 Å². The van der Waals surface area contributed by atoms with Gasteiger partial charge in [0.05, 0.1) is 11.1 Å². The van der Waals surface area contributed by atoms with E-state index in [-0.39, 0.29) is 22.7 Å². The van der Waals surface area contributed by atoms with Gasteiger partial charge in [-0.05, 0) is 31.0 Å². The molecule has 0 aliphatic heterocycles. The summed E-state index contributed by atoms with van der Waals surface area (Å²) in [5, 5.41) is 10.5. The maximum absolute atomic E-state index is 12.3. The van der Waals surface area contributed by atoms with Gasteiger partial charge in [-0.2, -0.15) is 0 Å². The van der Waals surface area contributed by atoms with E-state index < -0.39 is 5.63 Å². The second-order valence-electron chi connectivity index (χ2n) is 5.18. The Morgan fingerprint density at radius 1 is 1.14 bits per heavy atom. The molecule has 0 spiro atoms. The molecule has 0 atom stereocenters. The van der Waals surface area contributed by atoms with Gasteiger partial charge in [-0.25, -0.2) is 4.79 Å². The summed E-state index contributed by atoms with van der Waals surface area (Å²) >= 11 is 0. The van der Waals surface area contributed by atoms with Gasteiger partial charge in [0.2, 0.25) is 0 Å². The molecule has 0 amide bonds. The number of carbonyl (C=O) groups is 1. The normalized spacial score (nSPS) is 10.8. The lowest BCUT2D eigenvalue weighted by atomic mass is 9.97. The summed E-state index contributed by atoms with van der Waals surface area (Å²) in [4.78, 5) is 23.9. The molecule has 110 valence electrons. The Bertz CT molecular complexity index is 937. The van der Waals surface area contributed by atoms with Crippen LogP contribution in [-0.2, 0) is 0 Å². The summed E-state index contributed by atoms with van der Waals surface area (Å²) in [6.45, 7) is 3.19. The van der Waals surface area contributed by atoms with Crippen LogP contribution in [0, 0.1) is 6.92 Å². The van der Waals surface area contributed by atoms with Crippen LogP contribution in [0.15, 0.2) is 51.7 Å². The van der Waals surface area contributed by atoms with Crippen molar-refractivity contribution in [2.24, 2.45) is 0 Å². The summed E-state index contributed by atoms with van der Waals surface area (Å²) in [5.41, 5.74) is 1.96. The minimum atomic E-state index is -0.467. The lowest BCUT2D eigenvalue weighted by molar-refractivity contribution is 0.101. The molecule has 4 nitrogen and oxygen atoms in total. The number of Topliss-reactive ketones (excluding diaryl/α,β-unsaturated/α-hetero) is 1. The molecule has 1 N–H and O–H groups in total. The highest BCUT2D eigenvalue weighted by molar-refractivity contribution is 6.01. The van der Waals surface area contributed by atoms with Gasteiger partial charge in [0.15, 0.2) is 5.78 Å². The first-order chi connectivity index (χ1) is 10.5.